The van der Waals surface area contributed by atoms with Crippen molar-refractivity contribution in [2.24, 2.45) is 16.7 Å². The van der Waals surface area contributed by atoms with Crippen LogP contribution in [0.4, 0.5) is 4.39 Å². The van der Waals surface area contributed by atoms with Gasteiger partial charge >= 0.3 is 0 Å². The molecule has 0 unspecified atom stereocenters. The third-order valence-electron chi connectivity index (χ3n) is 5.61. The maximum atomic E-state index is 13.9. The first kappa shape index (κ1) is 13.9. The summed E-state index contributed by atoms with van der Waals surface area (Å²) in [4.78, 5) is 4.36. The number of alkyl halides is 1. The lowest BCUT2D eigenvalue weighted by atomic mass is 10.0. The number of para-hydroxylation sites is 1. The Hall–Kier alpha value is -1.09. The molecule has 4 heteroatoms. The summed E-state index contributed by atoms with van der Waals surface area (Å²) >= 11 is 6.00. The van der Waals surface area contributed by atoms with E-state index in [-0.39, 0.29) is 5.82 Å². The number of benzene rings is 1. The molecule has 0 bridgehead atoms. The molecule has 2 aromatic rings. The first-order chi connectivity index (χ1) is 9.30. The molecule has 0 amide bonds. The molecule has 0 aliphatic heterocycles. The second-order valence-corrected chi connectivity index (χ2v) is 7.14. The minimum Gasteiger partial charge on any atom is -0.327 e. The van der Waals surface area contributed by atoms with Crippen molar-refractivity contribution in [3.05, 3.63) is 29.8 Å². The molecule has 0 spiro atoms. The molecule has 0 radical (unpaired) electrons. The summed E-state index contributed by atoms with van der Waals surface area (Å²) in [5.74, 6) is 1.34. The summed E-state index contributed by atoms with van der Waals surface area (Å²) in [7, 11) is 0. The molecular formula is C16H20ClFN2. The fraction of sp³-hybridized carbons (Fsp3) is 0.562. The Bertz CT molecular complexity index is 658. The molecule has 1 aliphatic carbocycles. The van der Waals surface area contributed by atoms with Crippen LogP contribution < -0.4 is 0 Å². The van der Waals surface area contributed by atoms with Gasteiger partial charge in [-0.15, -0.1) is 11.6 Å². The van der Waals surface area contributed by atoms with Gasteiger partial charge in [0.15, 0.2) is 5.82 Å². The van der Waals surface area contributed by atoms with Crippen LogP contribution in [0, 0.1) is 22.6 Å². The zero-order chi connectivity index (χ0) is 14.7. The van der Waals surface area contributed by atoms with E-state index < -0.39 is 0 Å². The van der Waals surface area contributed by atoms with Crippen LogP contribution in [0.2, 0.25) is 0 Å². The van der Waals surface area contributed by atoms with Gasteiger partial charge in [0.1, 0.15) is 11.3 Å². The lowest BCUT2D eigenvalue weighted by Gasteiger charge is -2.09. The quantitative estimate of drug-likeness (QED) is 0.757. The molecule has 0 N–H and O–H groups in total. The second kappa shape index (κ2) is 4.20. The van der Waals surface area contributed by atoms with Gasteiger partial charge in [0, 0.05) is 6.54 Å². The molecular weight excluding hydrogens is 275 g/mol. The Morgan fingerprint density at radius 1 is 1.25 bits per heavy atom. The van der Waals surface area contributed by atoms with E-state index in [1.54, 1.807) is 6.07 Å². The summed E-state index contributed by atoms with van der Waals surface area (Å²) in [6.45, 7) is 10.0. The van der Waals surface area contributed by atoms with E-state index in [4.69, 9.17) is 11.6 Å². The van der Waals surface area contributed by atoms with Crippen LogP contribution in [0.5, 0.6) is 0 Å². The summed E-state index contributed by atoms with van der Waals surface area (Å²) in [6.07, 6.45) is 0. The standard InChI is InChI=1S/C16H20ClFN2/c1-15(2)12(16(15,3)4)9-20-11-7-5-6-10(18)14(11)19-13(20)8-17/h5-7,12H,8-9H2,1-4H3. The van der Waals surface area contributed by atoms with Crippen molar-refractivity contribution in [2.75, 3.05) is 0 Å². The molecule has 1 saturated carbocycles. The molecule has 20 heavy (non-hydrogen) atoms. The van der Waals surface area contributed by atoms with Crippen LogP contribution in [0.25, 0.3) is 11.0 Å². The van der Waals surface area contributed by atoms with E-state index in [0.29, 0.717) is 28.1 Å². The monoisotopic (exact) mass is 294 g/mol. The number of rotatable bonds is 3. The Labute approximate surface area is 123 Å². The van der Waals surface area contributed by atoms with Crippen LogP contribution in [0.3, 0.4) is 0 Å². The summed E-state index contributed by atoms with van der Waals surface area (Å²) in [5, 5.41) is 0. The Balaban J connectivity index is 2.06. The minimum absolute atomic E-state index is 0.276. The fourth-order valence-electron chi connectivity index (χ4n) is 3.44. The number of imidazole rings is 1. The molecule has 1 aliphatic rings. The highest BCUT2D eigenvalue weighted by Crippen LogP contribution is 2.69. The van der Waals surface area contributed by atoms with Crippen molar-refractivity contribution in [1.82, 2.24) is 9.55 Å². The summed E-state index contributed by atoms with van der Waals surface area (Å²) in [5.41, 5.74) is 1.86. The highest BCUT2D eigenvalue weighted by Gasteiger charge is 2.64. The molecule has 108 valence electrons. The summed E-state index contributed by atoms with van der Waals surface area (Å²) in [6, 6.07) is 5.10. The van der Waals surface area contributed by atoms with Gasteiger partial charge < -0.3 is 4.57 Å². The molecule has 0 atom stereocenters. The Morgan fingerprint density at radius 2 is 1.90 bits per heavy atom. The highest BCUT2D eigenvalue weighted by atomic mass is 35.5. The van der Waals surface area contributed by atoms with Crippen molar-refractivity contribution in [3.8, 4) is 0 Å². The predicted molar refractivity (Wildman–Crippen MR) is 80.3 cm³/mol. The average molecular weight is 295 g/mol. The third-order valence-corrected chi connectivity index (χ3v) is 5.85. The lowest BCUT2D eigenvalue weighted by molar-refractivity contribution is 0.457. The number of halogens is 2. The Kier molecular flexibility index (Phi) is 2.91. The van der Waals surface area contributed by atoms with Crippen molar-refractivity contribution >= 4 is 22.6 Å². The van der Waals surface area contributed by atoms with E-state index >= 15 is 0 Å². The number of nitrogens with zero attached hydrogens (tertiary/aromatic N) is 2. The minimum atomic E-state index is -0.276. The maximum absolute atomic E-state index is 13.9. The van der Waals surface area contributed by atoms with Crippen molar-refractivity contribution in [1.29, 1.82) is 0 Å². The smallest absolute Gasteiger partial charge is 0.151 e. The van der Waals surface area contributed by atoms with Gasteiger partial charge in [0.25, 0.3) is 0 Å². The SMILES string of the molecule is CC1(C)C(Cn2c(CCl)nc3c(F)cccc32)C1(C)C. The largest absolute Gasteiger partial charge is 0.327 e. The number of hydrogen-bond donors (Lipinski definition) is 0. The van der Waals surface area contributed by atoms with Crippen molar-refractivity contribution < 1.29 is 4.39 Å². The van der Waals surface area contributed by atoms with E-state index in [2.05, 4.69) is 37.2 Å². The van der Waals surface area contributed by atoms with Crippen LogP contribution in [-0.4, -0.2) is 9.55 Å². The van der Waals surface area contributed by atoms with Crippen LogP contribution in [-0.2, 0) is 12.4 Å². The molecule has 1 aromatic heterocycles. The molecule has 1 aromatic carbocycles. The van der Waals surface area contributed by atoms with E-state index in [1.165, 1.54) is 6.07 Å². The molecule has 3 rings (SSSR count). The molecule has 1 heterocycles. The lowest BCUT2D eigenvalue weighted by Crippen LogP contribution is -2.07. The van der Waals surface area contributed by atoms with Gasteiger partial charge in [-0.25, -0.2) is 9.37 Å². The average Bonchev–Trinajstić information content (AvgIpc) is 2.71. The molecule has 1 fully saturated rings. The first-order valence-electron chi connectivity index (χ1n) is 7.00. The van der Waals surface area contributed by atoms with Gasteiger partial charge in [0.2, 0.25) is 0 Å². The highest BCUT2D eigenvalue weighted by molar-refractivity contribution is 6.16. The topological polar surface area (TPSA) is 17.8 Å². The van der Waals surface area contributed by atoms with Gasteiger partial charge in [-0.3, -0.25) is 0 Å². The normalized spacial score (nSPS) is 20.5. The van der Waals surface area contributed by atoms with Crippen molar-refractivity contribution in [2.45, 2.75) is 40.1 Å². The van der Waals surface area contributed by atoms with Crippen LogP contribution in [0.1, 0.15) is 33.5 Å². The predicted octanol–water partition coefficient (Wildman–Crippen LogP) is 4.60. The van der Waals surface area contributed by atoms with E-state index in [9.17, 15) is 4.39 Å². The van der Waals surface area contributed by atoms with Gasteiger partial charge in [0.05, 0.1) is 11.4 Å². The molecule has 0 saturated heterocycles. The number of fused-ring (bicyclic) bond motifs is 1. The summed E-state index contributed by atoms with van der Waals surface area (Å²) < 4.78 is 15.9. The van der Waals surface area contributed by atoms with Gasteiger partial charge in [-0.05, 0) is 28.9 Å². The zero-order valence-electron chi connectivity index (χ0n) is 12.4. The van der Waals surface area contributed by atoms with E-state index in [0.717, 1.165) is 17.9 Å². The van der Waals surface area contributed by atoms with E-state index in [1.807, 2.05) is 6.07 Å². The van der Waals surface area contributed by atoms with Crippen LogP contribution >= 0.6 is 11.6 Å². The van der Waals surface area contributed by atoms with Crippen LogP contribution in [0.15, 0.2) is 18.2 Å². The van der Waals surface area contributed by atoms with Gasteiger partial charge in [-0.2, -0.15) is 0 Å². The maximum Gasteiger partial charge on any atom is 0.151 e. The fourth-order valence-corrected chi connectivity index (χ4v) is 3.64. The van der Waals surface area contributed by atoms with Crippen molar-refractivity contribution in [3.63, 3.8) is 0 Å². The second-order valence-electron chi connectivity index (χ2n) is 6.88. The zero-order valence-corrected chi connectivity index (χ0v) is 13.1. The third kappa shape index (κ3) is 1.72. The number of aromatic nitrogens is 2. The Morgan fingerprint density at radius 3 is 2.45 bits per heavy atom. The molecule has 2 nitrogen and oxygen atoms in total. The van der Waals surface area contributed by atoms with Gasteiger partial charge in [-0.1, -0.05) is 33.8 Å². The number of hydrogen-bond acceptors (Lipinski definition) is 1. The first-order valence-corrected chi connectivity index (χ1v) is 7.53.